The van der Waals surface area contributed by atoms with Crippen molar-refractivity contribution >= 4 is 5.97 Å². The number of aliphatic hydroxyl groups excluding tert-OH is 1. The summed E-state index contributed by atoms with van der Waals surface area (Å²) in [6.45, 7) is 6.05. The summed E-state index contributed by atoms with van der Waals surface area (Å²) in [6, 6.07) is 7.39. The zero-order valence-electron chi connectivity index (χ0n) is 9.93. The number of esters is 1. The third kappa shape index (κ3) is 2.83. The second-order valence-electron chi connectivity index (χ2n) is 3.94. The second kappa shape index (κ2) is 5.66. The van der Waals surface area contributed by atoms with Crippen molar-refractivity contribution < 1.29 is 14.6 Å². The Labute approximate surface area is 96.1 Å². The summed E-state index contributed by atoms with van der Waals surface area (Å²) in [5.74, 6) is -0.323. The second-order valence-corrected chi connectivity index (χ2v) is 3.94. The van der Waals surface area contributed by atoms with Gasteiger partial charge in [0.2, 0.25) is 0 Å². The van der Waals surface area contributed by atoms with Gasteiger partial charge in [0.15, 0.2) is 6.10 Å². The van der Waals surface area contributed by atoms with E-state index in [4.69, 9.17) is 4.74 Å². The van der Waals surface area contributed by atoms with Gasteiger partial charge in [-0.05, 0) is 24.0 Å². The fourth-order valence-electron chi connectivity index (χ4n) is 1.63. The molecule has 0 aliphatic carbocycles. The Morgan fingerprint density at radius 1 is 1.31 bits per heavy atom. The first kappa shape index (κ1) is 12.7. The maximum absolute atomic E-state index is 11.4. The lowest BCUT2D eigenvalue weighted by molar-refractivity contribution is -0.153. The van der Waals surface area contributed by atoms with E-state index < -0.39 is 12.1 Å². The van der Waals surface area contributed by atoms with Crippen LogP contribution in [0.15, 0.2) is 24.3 Å². The molecule has 3 heteroatoms. The first-order valence-electron chi connectivity index (χ1n) is 5.51. The quantitative estimate of drug-likeness (QED) is 0.796. The van der Waals surface area contributed by atoms with Crippen molar-refractivity contribution in [2.24, 2.45) is 0 Å². The molecule has 1 N–H and O–H groups in total. The van der Waals surface area contributed by atoms with Crippen molar-refractivity contribution in [2.45, 2.75) is 32.8 Å². The Balaban J connectivity index is 2.98. The molecule has 16 heavy (non-hydrogen) atoms. The maximum Gasteiger partial charge on any atom is 0.339 e. The number of hydrogen-bond donors (Lipinski definition) is 1. The standard InChI is InChI=1S/C13H18O3/c1-4-16-13(15)12(14)11-8-6-5-7-10(11)9(2)3/h5-9,12,14H,4H2,1-3H3. The van der Waals surface area contributed by atoms with Crippen molar-refractivity contribution in [2.75, 3.05) is 6.61 Å². The van der Waals surface area contributed by atoms with E-state index in [2.05, 4.69) is 0 Å². The summed E-state index contributed by atoms with van der Waals surface area (Å²) >= 11 is 0. The Morgan fingerprint density at radius 3 is 2.38 bits per heavy atom. The molecular weight excluding hydrogens is 204 g/mol. The predicted octanol–water partition coefficient (Wildman–Crippen LogP) is 2.41. The van der Waals surface area contributed by atoms with Crippen molar-refractivity contribution in [3.63, 3.8) is 0 Å². The molecule has 0 aliphatic rings. The fourth-order valence-corrected chi connectivity index (χ4v) is 1.63. The SMILES string of the molecule is CCOC(=O)C(O)c1ccccc1C(C)C. The number of benzene rings is 1. The first-order chi connectivity index (χ1) is 7.57. The van der Waals surface area contributed by atoms with Crippen LogP contribution in [0, 0.1) is 0 Å². The zero-order valence-corrected chi connectivity index (χ0v) is 9.93. The van der Waals surface area contributed by atoms with Crippen molar-refractivity contribution in [3.8, 4) is 0 Å². The molecule has 0 saturated carbocycles. The minimum Gasteiger partial charge on any atom is -0.464 e. The van der Waals surface area contributed by atoms with E-state index >= 15 is 0 Å². The van der Waals surface area contributed by atoms with Gasteiger partial charge in [-0.2, -0.15) is 0 Å². The van der Waals surface area contributed by atoms with Crippen molar-refractivity contribution in [1.82, 2.24) is 0 Å². The smallest absolute Gasteiger partial charge is 0.339 e. The summed E-state index contributed by atoms with van der Waals surface area (Å²) in [5.41, 5.74) is 1.61. The highest BCUT2D eigenvalue weighted by molar-refractivity contribution is 5.76. The highest BCUT2D eigenvalue weighted by Gasteiger charge is 2.21. The molecule has 1 aromatic rings. The lowest BCUT2D eigenvalue weighted by Crippen LogP contribution is -2.17. The molecule has 0 bridgehead atoms. The molecule has 0 aliphatic heterocycles. The molecule has 1 rings (SSSR count). The lowest BCUT2D eigenvalue weighted by atomic mass is 9.94. The molecule has 0 radical (unpaired) electrons. The number of rotatable bonds is 4. The first-order valence-corrected chi connectivity index (χ1v) is 5.51. The third-order valence-corrected chi connectivity index (χ3v) is 2.42. The monoisotopic (exact) mass is 222 g/mol. The van der Waals surface area contributed by atoms with E-state index in [1.165, 1.54) is 0 Å². The van der Waals surface area contributed by atoms with Crippen LogP contribution < -0.4 is 0 Å². The number of carbonyl (C=O) groups excluding carboxylic acids is 1. The van der Waals surface area contributed by atoms with E-state index in [0.717, 1.165) is 5.56 Å². The van der Waals surface area contributed by atoms with E-state index in [1.807, 2.05) is 32.0 Å². The molecule has 0 heterocycles. The van der Waals surface area contributed by atoms with E-state index in [1.54, 1.807) is 13.0 Å². The Kier molecular flexibility index (Phi) is 4.50. The van der Waals surface area contributed by atoms with Gasteiger partial charge < -0.3 is 9.84 Å². The molecule has 1 unspecified atom stereocenters. The maximum atomic E-state index is 11.4. The van der Waals surface area contributed by atoms with Crippen LogP contribution >= 0.6 is 0 Å². The topological polar surface area (TPSA) is 46.5 Å². The molecule has 0 amide bonds. The average molecular weight is 222 g/mol. The summed E-state index contributed by atoms with van der Waals surface area (Å²) in [6.07, 6.45) is -1.18. The molecule has 0 aromatic heterocycles. The number of aliphatic hydroxyl groups is 1. The van der Waals surface area contributed by atoms with Crippen LogP contribution in [0.25, 0.3) is 0 Å². The van der Waals surface area contributed by atoms with Gasteiger partial charge in [-0.15, -0.1) is 0 Å². The van der Waals surface area contributed by atoms with Gasteiger partial charge in [0.25, 0.3) is 0 Å². The number of ether oxygens (including phenoxy) is 1. The summed E-state index contributed by atoms with van der Waals surface area (Å²) in [4.78, 5) is 11.4. The molecular formula is C13H18O3. The van der Waals surface area contributed by atoms with Gasteiger partial charge in [-0.3, -0.25) is 0 Å². The van der Waals surface area contributed by atoms with Gasteiger partial charge in [-0.25, -0.2) is 4.79 Å². The molecule has 88 valence electrons. The Bertz CT molecular complexity index is 358. The van der Waals surface area contributed by atoms with Gasteiger partial charge in [-0.1, -0.05) is 38.1 Å². The van der Waals surface area contributed by atoms with Crippen molar-refractivity contribution in [1.29, 1.82) is 0 Å². The van der Waals surface area contributed by atoms with Gasteiger partial charge >= 0.3 is 5.97 Å². The summed E-state index contributed by atoms with van der Waals surface area (Å²) < 4.78 is 4.80. The molecule has 0 spiro atoms. The predicted molar refractivity (Wildman–Crippen MR) is 62.1 cm³/mol. The third-order valence-electron chi connectivity index (χ3n) is 2.42. The van der Waals surface area contributed by atoms with Gasteiger partial charge in [0, 0.05) is 0 Å². The molecule has 0 fully saturated rings. The van der Waals surface area contributed by atoms with Crippen LogP contribution in [0.4, 0.5) is 0 Å². The van der Waals surface area contributed by atoms with Crippen molar-refractivity contribution in [3.05, 3.63) is 35.4 Å². The summed E-state index contributed by atoms with van der Waals surface area (Å²) in [5, 5.41) is 9.88. The number of hydrogen-bond acceptors (Lipinski definition) is 3. The van der Waals surface area contributed by atoms with Gasteiger partial charge in [0.05, 0.1) is 6.61 Å². The lowest BCUT2D eigenvalue weighted by Gasteiger charge is -2.16. The highest BCUT2D eigenvalue weighted by atomic mass is 16.5. The van der Waals surface area contributed by atoms with Crippen LogP contribution in [0.3, 0.4) is 0 Å². The minimum atomic E-state index is -1.18. The molecule has 3 nitrogen and oxygen atoms in total. The van der Waals surface area contributed by atoms with Crippen LogP contribution in [-0.2, 0) is 9.53 Å². The van der Waals surface area contributed by atoms with Crippen LogP contribution in [0.5, 0.6) is 0 Å². The summed E-state index contributed by atoms with van der Waals surface area (Å²) in [7, 11) is 0. The zero-order chi connectivity index (χ0) is 12.1. The van der Waals surface area contributed by atoms with E-state index in [0.29, 0.717) is 5.56 Å². The minimum absolute atomic E-state index is 0.264. The Morgan fingerprint density at radius 2 is 1.88 bits per heavy atom. The molecule has 0 saturated heterocycles. The van der Waals surface area contributed by atoms with Crippen LogP contribution in [0.2, 0.25) is 0 Å². The van der Waals surface area contributed by atoms with Crippen LogP contribution in [0.1, 0.15) is 43.9 Å². The molecule has 1 aromatic carbocycles. The van der Waals surface area contributed by atoms with Gasteiger partial charge in [0.1, 0.15) is 0 Å². The highest BCUT2D eigenvalue weighted by Crippen LogP contribution is 2.25. The van der Waals surface area contributed by atoms with E-state index in [9.17, 15) is 9.90 Å². The van der Waals surface area contributed by atoms with Crippen LogP contribution in [-0.4, -0.2) is 17.7 Å². The van der Waals surface area contributed by atoms with E-state index in [-0.39, 0.29) is 12.5 Å². The molecule has 1 atom stereocenters. The Hall–Kier alpha value is -1.35. The number of carbonyl (C=O) groups is 1. The largest absolute Gasteiger partial charge is 0.464 e. The normalized spacial score (nSPS) is 12.6. The average Bonchev–Trinajstić information content (AvgIpc) is 2.28. The fraction of sp³-hybridized carbons (Fsp3) is 0.462.